The molecule has 3 N–H and O–H groups in total. The number of carboxylic acids is 1. The van der Waals surface area contributed by atoms with Gasteiger partial charge in [-0.2, -0.15) is 0 Å². The first-order chi connectivity index (χ1) is 10.8. The Morgan fingerprint density at radius 2 is 1.87 bits per heavy atom. The second-order valence-electron chi connectivity index (χ2n) is 5.38. The number of carboxylic acid groups (broad SMARTS) is 1. The average molecular weight is 322 g/mol. The molecule has 0 spiro atoms. The van der Waals surface area contributed by atoms with E-state index in [1.54, 1.807) is 25.1 Å². The van der Waals surface area contributed by atoms with Crippen molar-refractivity contribution < 1.29 is 24.2 Å². The smallest absolute Gasteiger partial charge is 0.340 e. The molecule has 0 bridgehead atoms. The number of aliphatic carboxylic acids is 1. The molecule has 23 heavy (non-hydrogen) atoms. The average Bonchev–Trinajstić information content (AvgIpc) is 2.46. The molecule has 0 fully saturated rings. The number of ether oxygens (including phenoxy) is 1. The van der Waals surface area contributed by atoms with Crippen molar-refractivity contribution in [3.8, 4) is 0 Å². The van der Waals surface area contributed by atoms with Gasteiger partial charge in [0.1, 0.15) is 6.04 Å². The molecule has 126 valence electrons. The number of amides is 2. The molecule has 0 aliphatic carbocycles. The van der Waals surface area contributed by atoms with Crippen molar-refractivity contribution in [1.29, 1.82) is 0 Å². The van der Waals surface area contributed by atoms with Gasteiger partial charge in [0.15, 0.2) is 0 Å². The number of carbonyl (C=O) groups excluding carboxylic acids is 2. The van der Waals surface area contributed by atoms with Crippen molar-refractivity contribution >= 4 is 23.7 Å². The monoisotopic (exact) mass is 322 g/mol. The van der Waals surface area contributed by atoms with E-state index in [9.17, 15) is 14.4 Å². The van der Waals surface area contributed by atoms with Crippen LogP contribution in [0.5, 0.6) is 0 Å². The van der Waals surface area contributed by atoms with Crippen molar-refractivity contribution in [2.45, 2.75) is 33.2 Å². The van der Waals surface area contributed by atoms with Crippen molar-refractivity contribution in [2.75, 3.05) is 11.9 Å². The van der Waals surface area contributed by atoms with E-state index in [0.717, 1.165) is 0 Å². The summed E-state index contributed by atoms with van der Waals surface area (Å²) in [6, 6.07) is 4.69. The highest BCUT2D eigenvalue weighted by molar-refractivity contribution is 6.01. The molecule has 0 heterocycles. The Morgan fingerprint density at radius 3 is 2.43 bits per heavy atom. The van der Waals surface area contributed by atoms with E-state index in [2.05, 4.69) is 10.6 Å². The Kier molecular flexibility index (Phi) is 7.05. The maximum absolute atomic E-state index is 12.0. The largest absolute Gasteiger partial charge is 0.480 e. The predicted octanol–water partition coefficient (Wildman–Crippen LogP) is 2.48. The third-order valence-electron chi connectivity index (χ3n) is 2.98. The van der Waals surface area contributed by atoms with Crippen LogP contribution >= 0.6 is 0 Å². The normalized spacial score (nSPS) is 11.7. The Balaban J connectivity index is 2.81. The van der Waals surface area contributed by atoms with Crippen LogP contribution in [0.25, 0.3) is 0 Å². The SMILES string of the molecule is CCOC(=O)c1ccccc1NC(=O)NC(CC(C)C)C(=O)O. The number of esters is 1. The molecular weight excluding hydrogens is 300 g/mol. The third-order valence-corrected chi connectivity index (χ3v) is 2.98. The fourth-order valence-corrected chi connectivity index (χ4v) is 1.99. The number of para-hydroxylation sites is 1. The summed E-state index contributed by atoms with van der Waals surface area (Å²) < 4.78 is 4.92. The minimum absolute atomic E-state index is 0.114. The molecule has 1 atom stereocenters. The summed E-state index contributed by atoms with van der Waals surface area (Å²) in [5.41, 5.74) is 0.470. The van der Waals surface area contributed by atoms with Crippen LogP contribution < -0.4 is 10.6 Å². The van der Waals surface area contributed by atoms with Crippen LogP contribution in [-0.4, -0.2) is 35.7 Å². The summed E-state index contributed by atoms with van der Waals surface area (Å²) in [4.78, 5) is 35.0. The summed E-state index contributed by atoms with van der Waals surface area (Å²) in [7, 11) is 0. The molecule has 0 aliphatic rings. The zero-order valence-corrected chi connectivity index (χ0v) is 13.5. The van der Waals surface area contributed by atoms with Gasteiger partial charge in [-0.25, -0.2) is 14.4 Å². The summed E-state index contributed by atoms with van der Waals surface area (Å²) in [5, 5.41) is 14.0. The summed E-state index contributed by atoms with van der Waals surface area (Å²) >= 11 is 0. The van der Waals surface area contributed by atoms with Gasteiger partial charge < -0.3 is 20.5 Å². The maximum atomic E-state index is 12.0. The van der Waals surface area contributed by atoms with E-state index >= 15 is 0 Å². The number of carbonyl (C=O) groups is 3. The van der Waals surface area contributed by atoms with Crippen molar-refractivity contribution in [3.05, 3.63) is 29.8 Å². The second-order valence-corrected chi connectivity index (χ2v) is 5.38. The van der Waals surface area contributed by atoms with Crippen LogP contribution in [0.1, 0.15) is 37.6 Å². The second kappa shape index (κ2) is 8.77. The number of nitrogens with one attached hydrogen (secondary N) is 2. The number of hydrogen-bond acceptors (Lipinski definition) is 4. The van der Waals surface area contributed by atoms with E-state index in [-0.39, 0.29) is 23.8 Å². The molecule has 1 unspecified atom stereocenters. The molecule has 0 saturated carbocycles. The van der Waals surface area contributed by atoms with Gasteiger partial charge in [0.05, 0.1) is 17.9 Å². The molecule has 7 heteroatoms. The van der Waals surface area contributed by atoms with Crippen LogP contribution in [0.3, 0.4) is 0 Å². The lowest BCUT2D eigenvalue weighted by atomic mass is 10.0. The molecule has 0 saturated heterocycles. The minimum atomic E-state index is -1.10. The molecule has 7 nitrogen and oxygen atoms in total. The first-order valence-corrected chi connectivity index (χ1v) is 7.41. The lowest BCUT2D eigenvalue weighted by Crippen LogP contribution is -2.43. The molecule has 1 aromatic carbocycles. The molecule has 1 aromatic rings. The zero-order chi connectivity index (χ0) is 17.4. The molecule has 1 rings (SSSR count). The Hall–Kier alpha value is -2.57. The number of anilines is 1. The van der Waals surface area contributed by atoms with Gasteiger partial charge in [-0.1, -0.05) is 26.0 Å². The van der Waals surface area contributed by atoms with E-state index in [0.29, 0.717) is 6.42 Å². The topological polar surface area (TPSA) is 105 Å². The van der Waals surface area contributed by atoms with Gasteiger partial charge in [0.25, 0.3) is 0 Å². The van der Waals surface area contributed by atoms with E-state index < -0.39 is 24.0 Å². The highest BCUT2D eigenvalue weighted by Crippen LogP contribution is 2.16. The standard InChI is InChI=1S/C16H22N2O5/c1-4-23-15(21)11-7-5-6-8-12(11)17-16(22)18-13(14(19)20)9-10(2)3/h5-8,10,13H,4,9H2,1-3H3,(H,19,20)(H2,17,18,22). The van der Waals surface area contributed by atoms with Gasteiger partial charge in [-0.15, -0.1) is 0 Å². The lowest BCUT2D eigenvalue weighted by molar-refractivity contribution is -0.139. The number of rotatable bonds is 7. The highest BCUT2D eigenvalue weighted by Gasteiger charge is 2.22. The fourth-order valence-electron chi connectivity index (χ4n) is 1.99. The van der Waals surface area contributed by atoms with Crippen LogP contribution in [0.4, 0.5) is 10.5 Å². The van der Waals surface area contributed by atoms with Crippen LogP contribution in [0, 0.1) is 5.92 Å². The number of hydrogen-bond donors (Lipinski definition) is 3. The molecule has 2 amide bonds. The van der Waals surface area contributed by atoms with Gasteiger partial charge in [0, 0.05) is 0 Å². The Morgan fingerprint density at radius 1 is 1.22 bits per heavy atom. The van der Waals surface area contributed by atoms with Gasteiger partial charge in [-0.3, -0.25) is 0 Å². The number of benzene rings is 1. The summed E-state index contributed by atoms with van der Waals surface area (Å²) in [6.07, 6.45) is 0.308. The highest BCUT2D eigenvalue weighted by atomic mass is 16.5. The molecular formula is C16H22N2O5. The number of urea groups is 1. The minimum Gasteiger partial charge on any atom is -0.480 e. The zero-order valence-electron chi connectivity index (χ0n) is 13.5. The lowest BCUT2D eigenvalue weighted by Gasteiger charge is -2.17. The van der Waals surface area contributed by atoms with Gasteiger partial charge in [-0.05, 0) is 31.4 Å². The summed E-state index contributed by atoms with van der Waals surface area (Å²) in [5.74, 6) is -1.55. The van der Waals surface area contributed by atoms with Crippen molar-refractivity contribution in [2.24, 2.45) is 5.92 Å². The maximum Gasteiger partial charge on any atom is 0.340 e. The van der Waals surface area contributed by atoms with Crippen LogP contribution in [-0.2, 0) is 9.53 Å². The third kappa shape index (κ3) is 5.98. The quantitative estimate of drug-likeness (QED) is 0.669. The van der Waals surface area contributed by atoms with Crippen LogP contribution in [0.2, 0.25) is 0 Å². The van der Waals surface area contributed by atoms with E-state index in [1.165, 1.54) is 6.07 Å². The molecule has 0 radical (unpaired) electrons. The summed E-state index contributed by atoms with van der Waals surface area (Å²) in [6.45, 7) is 5.63. The van der Waals surface area contributed by atoms with Crippen molar-refractivity contribution in [3.63, 3.8) is 0 Å². The fraction of sp³-hybridized carbons (Fsp3) is 0.438. The molecule has 0 aromatic heterocycles. The van der Waals surface area contributed by atoms with Gasteiger partial charge >= 0.3 is 18.0 Å². The Bertz CT molecular complexity index is 571. The first-order valence-electron chi connectivity index (χ1n) is 7.41. The molecule has 0 aliphatic heterocycles. The van der Waals surface area contributed by atoms with Crippen LogP contribution in [0.15, 0.2) is 24.3 Å². The van der Waals surface area contributed by atoms with E-state index in [1.807, 2.05) is 13.8 Å². The predicted molar refractivity (Wildman–Crippen MR) is 85.4 cm³/mol. The Labute approximate surface area is 135 Å². The van der Waals surface area contributed by atoms with Crippen molar-refractivity contribution in [1.82, 2.24) is 5.32 Å². The van der Waals surface area contributed by atoms with E-state index in [4.69, 9.17) is 9.84 Å². The first kappa shape index (κ1) is 18.5. The van der Waals surface area contributed by atoms with Gasteiger partial charge in [0.2, 0.25) is 0 Å².